The zero-order valence-corrected chi connectivity index (χ0v) is 14.4. The predicted molar refractivity (Wildman–Crippen MR) is 96.5 cm³/mol. The number of hydrogen-bond acceptors (Lipinski definition) is 4. The van der Waals surface area contributed by atoms with Crippen LogP contribution in [0.5, 0.6) is 5.75 Å². The maximum absolute atomic E-state index is 12.4. The van der Waals surface area contributed by atoms with Crippen molar-refractivity contribution in [1.82, 2.24) is 5.32 Å². The first-order chi connectivity index (χ1) is 12.6. The van der Waals surface area contributed by atoms with E-state index >= 15 is 0 Å². The molecule has 0 aromatic heterocycles. The molecule has 1 aliphatic rings. The molecule has 0 saturated heterocycles. The highest BCUT2D eigenvalue weighted by Gasteiger charge is 2.31. The molecule has 0 radical (unpaired) electrons. The van der Waals surface area contributed by atoms with Gasteiger partial charge in [0, 0.05) is 19.5 Å². The number of nitriles is 1. The summed E-state index contributed by atoms with van der Waals surface area (Å²) >= 11 is 0. The second kappa shape index (κ2) is 7.70. The summed E-state index contributed by atoms with van der Waals surface area (Å²) in [5, 5.41) is 11.6. The number of amides is 2. The van der Waals surface area contributed by atoms with Gasteiger partial charge in [-0.1, -0.05) is 24.3 Å². The second-order valence-corrected chi connectivity index (χ2v) is 6.05. The predicted octanol–water partition coefficient (Wildman–Crippen LogP) is 2.38. The third kappa shape index (κ3) is 3.83. The van der Waals surface area contributed by atoms with E-state index in [9.17, 15) is 9.59 Å². The van der Waals surface area contributed by atoms with Crippen molar-refractivity contribution in [3.63, 3.8) is 0 Å². The van der Waals surface area contributed by atoms with E-state index in [2.05, 4.69) is 11.4 Å². The fourth-order valence-corrected chi connectivity index (χ4v) is 2.79. The number of carbonyl (C=O) groups is 2. The van der Waals surface area contributed by atoms with Crippen LogP contribution < -0.4 is 15.0 Å². The molecule has 0 spiro atoms. The third-order valence-corrected chi connectivity index (χ3v) is 4.21. The Bertz CT molecular complexity index is 855. The number of ether oxygens (including phenoxy) is 1. The largest absolute Gasteiger partial charge is 0.479 e. The number of nitrogens with one attached hydrogen (secondary N) is 1. The lowest BCUT2D eigenvalue weighted by Gasteiger charge is -2.32. The van der Waals surface area contributed by atoms with Crippen molar-refractivity contribution in [1.29, 1.82) is 5.26 Å². The first kappa shape index (κ1) is 17.5. The molecule has 132 valence electrons. The molecule has 1 unspecified atom stereocenters. The van der Waals surface area contributed by atoms with E-state index in [0.29, 0.717) is 30.1 Å². The summed E-state index contributed by atoms with van der Waals surface area (Å²) < 4.78 is 5.59. The van der Waals surface area contributed by atoms with Gasteiger partial charge < -0.3 is 15.0 Å². The van der Waals surface area contributed by atoms with Crippen molar-refractivity contribution in [2.45, 2.75) is 26.0 Å². The van der Waals surface area contributed by atoms with Crippen LogP contribution >= 0.6 is 0 Å². The van der Waals surface area contributed by atoms with Crippen LogP contribution in [-0.2, 0) is 16.1 Å². The maximum atomic E-state index is 12.4. The standard InChI is InChI=1S/C20H19N3O3/c1-14-20(25)23(17-4-2-3-5-18(17)26-14)11-10-19(24)22-13-16-8-6-15(12-21)7-9-16/h2-9,14H,10-11,13H2,1H3,(H,22,24). The highest BCUT2D eigenvalue weighted by Crippen LogP contribution is 2.33. The van der Waals surface area contributed by atoms with Gasteiger partial charge >= 0.3 is 0 Å². The summed E-state index contributed by atoms with van der Waals surface area (Å²) in [5.74, 6) is 0.361. The summed E-state index contributed by atoms with van der Waals surface area (Å²) in [4.78, 5) is 26.1. The van der Waals surface area contributed by atoms with Gasteiger partial charge in [-0.3, -0.25) is 9.59 Å². The highest BCUT2D eigenvalue weighted by atomic mass is 16.5. The van der Waals surface area contributed by atoms with Gasteiger partial charge in [0.25, 0.3) is 5.91 Å². The van der Waals surface area contributed by atoms with Gasteiger partial charge in [0.1, 0.15) is 5.75 Å². The quantitative estimate of drug-likeness (QED) is 0.898. The molecule has 26 heavy (non-hydrogen) atoms. The van der Waals surface area contributed by atoms with Gasteiger partial charge in [0.2, 0.25) is 5.91 Å². The molecule has 1 N–H and O–H groups in total. The van der Waals surface area contributed by atoms with E-state index in [1.54, 1.807) is 24.0 Å². The Morgan fingerprint density at radius 2 is 1.96 bits per heavy atom. The lowest BCUT2D eigenvalue weighted by Crippen LogP contribution is -2.45. The number of benzene rings is 2. The monoisotopic (exact) mass is 349 g/mol. The fourth-order valence-electron chi connectivity index (χ4n) is 2.79. The van der Waals surface area contributed by atoms with Crippen LogP contribution in [0.25, 0.3) is 0 Å². The summed E-state index contributed by atoms with van der Waals surface area (Å²) in [6.07, 6.45) is -0.366. The van der Waals surface area contributed by atoms with Crippen LogP contribution in [0.15, 0.2) is 48.5 Å². The molecule has 3 rings (SSSR count). The van der Waals surface area contributed by atoms with Crippen molar-refractivity contribution in [3.8, 4) is 11.8 Å². The maximum Gasteiger partial charge on any atom is 0.267 e. The number of para-hydroxylation sites is 2. The molecule has 0 saturated carbocycles. The first-order valence-electron chi connectivity index (χ1n) is 8.41. The molecule has 6 heteroatoms. The number of carbonyl (C=O) groups excluding carboxylic acids is 2. The van der Waals surface area contributed by atoms with Gasteiger partial charge in [-0.25, -0.2) is 0 Å². The van der Waals surface area contributed by atoms with E-state index in [1.165, 1.54) is 0 Å². The van der Waals surface area contributed by atoms with Crippen LogP contribution in [0.3, 0.4) is 0 Å². The van der Waals surface area contributed by atoms with E-state index in [4.69, 9.17) is 10.00 Å². The lowest BCUT2D eigenvalue weighted by molar-refractivity contribution is -0.125. The molecule has 1 aliphatic heterocycles. The van der Waals surface area contributed by atoms with Crippen molar-refractivity contribution < 1.29 is 14.3 Å². The Hall–Kier alpha value is -3.33. The fraction of sp³-hybridized carbons (Fsp3) is 0.250. The number of hydrogen-bond donors (Lipinski definition) is 1. The average molecular weight is 349 g/mol. The van der Waals surface area contributed by atoms with Crippen molar-refractivity contribution in [3.05, 3.63) is 59.7 Å². The molecule has 6 nitrogen and oxygen atoms in total. The molecule has 1 heterocycles. The molecular formula is C20H19N3O3. The first-order valence-corrected chi connectivity index (χ1v) is 8.41. The van der Waals surface area contributed by atoms with Crippen molar-refractivity contribution in [2.24, 2.45) is 0 Å². The molecule has 0 bridgehead atoms. The summed E-state index contributed by atoms with van der Waals surface area (Å²) in [6, 6.07) is 16.4. The number of anilines is 1. The third-order valence-electron chi connectivity index (χ3n) is 4.21. The van der Waals surface area contributed by atoms with E-state index in [0.717, 1.165) is 5.56 Å². The topological polar surface area (TPSA) is 82.4 Å². The van der Waals surface area contributed by atoms with Crippen LogP contribution in [0.1, 0.15) is 24.5 Å². The van der Waals surface area contributed by atoms with Crippen molar-refractivity contribution in [2.75, 3.05) is 11.4 Å². The second-order valence-electron chi connectivity index (χ2n) is 6.05. The minimum Gasteiger partial charge on any atom is -0.479 e. The van der Waals surface area contributed by atoms with Gasteiger partial charge in [-0.05, 0) is 36.8 Å². The summed E-state index contributed by atoms with van der Waals surface area (Å²) in [5.41, 5.74) is 2.19. The van der Waals surface area contributed by atoms with E-state index < -0.39 is 6.10 Å². The minimum atomic E-state index is -0.563. The Morgan fingerprint density at radius 1 is 1.23 bits per heavy atom. The molecule has 2 aromatic carbocycles. The zero-order valence-electron chi connectivity index (χ0n) is 14.4. The van der Waals surface area contributed by atoms with Gasteiger partial charge in [0.15, 0.2) is 6.10 Å². The molecule has 2 aromatic rings. The number of nitrogens with zero attached hydrogens (tertiary/aromatic N) is 2. The lowest BCUT2D eigenvalue weighted by atomic mass is 10.1. The van der Waals surface area contributed by atoms with Crippen molar-refractivity contribution >= 4 is 17.5 Å². The summed E-state index contributed by atoms with van der Waals surface area (Å²) in [6.45, 7) is 2.38. The molecule has 0 aliphatic carbocycles. The number of rotatable bonds is 5. The molecule has 2 amide bonds. The Labute approximate surface area is 152 Å². The molecule has 0 fully saturated rings. The Kier molecular flexibility index (Phi) is 5.18. The van der Waals surface area contributed by atoms with Crippen LogP contribution in [0.2, 0.25) is 0 Å². The Morgan fingerprint density at radius 3 is 2.69 bits per heavy atom. The normalized spacial score (nSPS) is 15.6. The smallest absolute Gasteiger partial charge is 0.267 e. The van der Waals surface area contributed by atoms with Crippen LogP contribution in [0.4, 0.5) is 5.69 Å². The SMILES string of the molecule is CC1Oc2ccccc2N(CCC(=O)NCc2ccc(C#N)cc2)C1=O. The number of fused-ring (bicyclic) bond motifs is 1. The molecular weight excluding hydrogens is 330 g/mol. The minimum absolute atomic E-state index is 0.140. The van der Waals surface area contributed by atoms with Gasteiger partial charge in [-0.2, -0.15) is 5.26 Å². The van der Waals surface area contributed by atoms with Gasteiger partial charge in [0.05, 0.1) is 17.3 Å². The van der Waals surface area contributed by atoms with E-state index in [1.807, 2.05) is 36.4 Å². The Balaban J connectivity index is 1.57. The van der Waals surface area contributed by atoms with Crippen LogP contribution in [0, 0.1) is 11.3 Å². The molecule has 1 atom stereocenters. The zero-order chi connectivity index (χ0) is 18.5. The summed E-state index contributed by atoms with van der Waals surface area (Å²) in [7, 11) is 0. The average Bonchev–Trinajstić information content (AvgIpc) is 2.67. The van der Waals surface area contributed by atoms with Gasteiger partial charge in [-0.15, -0.1) is 0 Å². The van der Waals surface area contributed by atoms with Crippen LogP contribution in [-0.4, -0.2) is 24.5 Å². The highest BCUT2D eigenvalue weighted by molar-refractivity contribution is 6.00. The van der Waals surface area contributed by atoms with E-state index in [-0.39, 0.29) is 18.2 Å².